The molecule has 0 bridgehead atoms. The molecule has 2 fully saturated rings. The second kappa shape index (κ2) is 8.07. The summed E-state index contributed by atoms with van der Waals surface area (Å²) in [6, 6.07) is 9.26. The minimum atomic E-state index is -1.11. The molecule has 1 aromatic rings. The van der Waals surface area contributed by atoms with Crippen LogP contribution in [0.4, 0.5) is 9.59 Å². The zero-order chi connectivity index (χ0) is 18.5. The molecule has 0 spiro atoms. The van der Waals surface area contributed by atoms with Gasteiger partial charge in [-0.1, -0.05) is 30.3 Å². The van der Waals surface area contributed by atoms with Crippen molar-refractivity contribution in [2.45, 2.75) is 38.3 Å². The molecule has 2 aliphatic rings. The number of benzene rings is 1. The molecule has 0 saturated carbocycles. The zero-order valence-corrected chi connectivity index (χ0v) is 14.5. The van der Waals surface area contributed by atoms with E-state index in [0.29, 0.717) is 45.3 Å². The summed E-state index contributed by atoms with van der Waals surface area (Å²) in [7, 11) is 0. The Morgan fingerprint density at radius 3 is 2.46 bits per heavy atom. The average Bonchev–Trinajstić information content (AvgIpc) is 2.67. The first kappa shape index (κ1) is 18.0. The van der Waals surface area contributed by atoms with Gasteiger partial charge in [0.25, 0.3) is 0 Å². The highest BCUT2D eigenvalue weighted by Gasteiger charge is 2.37. The molecule has 8 heteroatoms. The molecule has 3 rings (SSSR count). The van der Waals surface area contributed by atoms with E-state index in [4.69, 9.17) is 4.74 Å². The number of hydrogen-bond acceptors (Lipinski definition) is 4. The maximum absolute atomic E-state index is 12.2. The van der Waals surface area contributed by atoms with Gasteiger partial charge in [-0.2, -0.15) is 0 Å². The van der Waals surface area contributed by atoms with Crippen LogP contribution in [0.25, 0.3) is 0 Å². The number of amides is 3. The van der Waals surface area contributed by atoms with Crippen LogP contribution in [0, 0.1) is 0 Å². The highest BCUT2D eigenvalue weighted by Crippen LogP contribution is 2.23. The summed E-state index contributed by atoms with van der Waals surface area (Å²) in [5.41, 5.74) is 0.923. The smallest absolute Gasteiger partial charge is 0.426 e. The number of hydrazine groups is 1. The SMILES string of the molecule is O=C(OCc1ccccc1)N1CCC(N2C(=O)CCCN2C(=O)O)CC1. The van der Waals surface area contributed by atoms with Gasteiger partial charge >= 0.3 is 12.2 Å². The van der Waals surface area contributed by atoms with Gasteiger partial charge in [0.1, 0.15) is 6.61 Å². The zero-order valence-electron chi connectivity index (χ0n) is 14.5. The molecular weight excluding hydrogens is 338 g/mol. The van der Waals surface area contributed by atoms with Crippen molar-refractivity contribution in [1.82, 2.24) is 14.9 Å². The van der Waals surface area contributed by atoms with E-state index in [1.807, 2.05) is 30.3 Å². The predicted molar refractivity (Wildman–Crippen MR) is 92.0 cm³/mol. The Morgan fingerprint density at radius 1 is 1.12 bits per heavy atom. The molecule has 3 amide bonds. The second-order valence-corrected chi connectivity index (χ2v) is 6.51. The van der Waals surface area contributed by atoms with Crippen LogP contribution >= 0.6 is 0 Å². The van der Waals surface area contributed by atoms with Gasteiger partial charge in [0.05, 0.1) is 6.04 Å². The standard InChI is InChI=1S/C18H23N3O5/c22-16-7-4-10-20(17(23)24)21(16)15-8-11-19(12-9-15)18(25)26-13-14-5-2-1-3-6-14/h1-3,5-6,15H,4,7-13H2,(H,23,24). The van der Waals surface area contributed by atoms with Crippen molar-refractivity contribution in [3.8, 4) is 0 Å². The van der Waals surface area contributed by atoms with Crippen LogP contribution in [0.5, 0.6) is 0 Å². The monoisotopic (exact) mass is 361 g/mol. The van der Waals surface area contributed by atoms with E-state index in [1.54, 1.807) is 4.90 Å². The summed E-state index contributed by atoms with van der Waals surface area (Å²) >= 11 is 0. The number of carbonyl (C=O) groups excluding carboxylic acids is 2. The molecule has 1 N–H and O–H groups in total. The third-order valence-corrected chi connectivity index (χ3v) is 4.77. The van der Waals surface area contributed by atoms with Crippen LogP contribution in [0.15, 0.2) is 30.3 Å². The molecule has 2 heterocycles. The number of likely N-dealkylation sites (tertiary alicyclic amines) is 1. The van der Waals surface area contributed by atoms with Crippen LogP contribution in [-0.2, 0) is 16.1 Å². The molecule has 0 unspecified atom stereocenters. The van der Waals surface area contributed by atoms with Crippen LogP contribution in [0.1, 0.15) is 31.2 Å². The number of carbonyl (C=O) groups is 3. The fourth-order valence-electron chi connectivity index (χ4n) is 3.43. The Hall–Kier alpha value is -2.77. The quantitative estimate of drug-likeness (QED) is 0.892. The summed E-state index contributed by atoms with van der Waals surface area (Å²) in [4.78, 5) is 37.4. The number of carboxylic acid groups (broad SMARTS) is 1. The summed E-state index contributed by atoms with van der Waals surface area (Å²) < 4.78 is 5.33. The fraction of sp³-hybridized carbons (Fsp3) is 0.500. The van der Waals surface area contributed by atoms with Crippen molar-refractivity contribution in [3.05, 3.63) is 35.9 Å². The number of nitrogens with zero attached hydrogens (tertiary/aromatic N) is 3. The van der Waals surface area contributed by atoms with Crippen molar-refractivity contribution < 1.29 is 24.2 Å². The van der Waals surface area contributed by atoms with Crippen LogP contribution in [0.2, 0.25) is 0 Å². The van der Waals surface area contributed by atoms with Crippen molar-refractivity contribution in [2.24, 2.45) is 0 Å². The maximum atomic E-state index is 12.2. The Labute approximate surface area is 151 Å². The average molecular weight is 361 g/mol. The Kier molecular flexibility index (Phi) is 5.60. The number of hydrogen-bond donors (Lipinski definition) is 1. The van der Waals surface area contributed by atoms with Gasteiger partial charge in [0.15, 0.2) is 0 Å². The van der Waals surface area contributed by atoms with E-state index in [2.05, 4.69) is 0 Å². The van der Waals surface area contributed by atoms with E-state index in [9.17, 15) is 19.5 Å². The topological polar surface area (TPSA) is 90.4 Å². The number of piperidine rings is 1. The largest absolute Gasteiger partial charge is 0.464 e. The van der Waals surface area contributed by atoms with Gasteiger partial charge in [-0.3, -0.25) is 4.79 Å². The van der Waals surface area contributed by atoms with Gasteiger partial charge in [0.2, 0.25) is 5.91 Å². The third kappa shape index (κ3) is 4.07. The minimum absolute atomic E-state index is 0.163. The lowest BCUT2D eigenvalue weighted by Crippen LogP contribution is -2.59. The van der Waals surface area contributed by atoms with Crippen molar-refractivity contribution in [3.63, 3.8) is 0 Å². The predicted octanol–water partition coefficient (Wildman–Crippen LogP) is 2.31. The first-order valence-corrected chi connectivity index (χ1v) is 8.84. The molecule has 0 radical (unpaired) electrons. The molecule has 2 aliphatic heterocycles. The molecule has 1 aromatic carbocycles. The third-order valence-electron chi connectivity index (χ3n) is 4.77. The van der Waals surface area contributed by atoms with Gasteiger partial charge < -0.3 is 14.7 Å². The van der Waals surface area contributed by atoms with Crippen LogP contribution in [-0.4, -0.2) is 63.8 Å². The highest BCUT2D eigenvalue weighted by atomic mass is 16.6. The molecule has 0 aromatic heterocycles. The van der Waals surface area contributed by atoms with Crippen molar-refractivity contribution in [2.75, 3.05) is 19.6 Å². The molecule has 0 atom stereocenters. The summed E-state index contributed by atoms with van der Waals surface area (Å²) in [6.45, 7) is 1.43. The van der Waals surface area contributed by atoms with Crippen molar-refractivity contribution >= 4 is 18.1 Å². The molecule has 26 heavy (non-hydrogen) atoms. The normalized spacial score (nSPS) is 18.8. The van der Waals surface area contributed by atoms with Crippen molar-refractivity contribution in [1.29, 1.82) is 0 Å². The maximum Gasteiger partial charge on any atom is 0.426 e. The van der Waals surface area contributed by atoms with Gasteiger partial charge in [-0.25, -0.2) is 19.6 Å². The lowest BCUT2D eigenvalue weighted by molar-refractivity contribution is -0.159. The molecule has 8 nitrogen and oxygen atoms in total. The first-order valence-electron chi connectivity index (χ1n) is 8.84. The Balaban J connectivity index is 1.52. The Morgan fingerprint density at radius 2 is 1.81 bits per heavy atom. The molecule has 140 valence electrons. The van der Waals surface area contributed by atoms with E-state index in [0.717, 1.165) is 10.6 Å². The second-order valence-electron chi connectivity index (χ2n) is 6.51. The van der Waals surface area contributed by atoms with E-state index >= 15 is 0 Å². The lowest BCUT2D eigenvalue weighted by atomic mass is 10.0. The molecular formula is C18H23N3O5. The van der Waals surface area contributed by atoms with Gasteiger partial charge in [-0.05, 0) is 24.8 Å². The van der Waals surface area contributed by atoms with E-state index in [1.165, 1.54) is 5.01 Å². The molecule has 2 saturated heterocycles. The highest BCUT2D eigenvalue weighted by molar-refractivity contribution is 5.80. The van der Waals surface area contributed by atoms with E-state index < -0.39 is 6.09 Å². The Bertz CT molecular complexity index is 658. The van der Waals surface area contributed by atoms with Crippen LogP contribution in [0.3, 0.4) is 0 Å². The van der Waals surface area contributed by atoms with Crippen LogP contribution < -0.4 is 0 Å². The number of ether oxygens (including phenoxy) is 1. The number of rotatable bonds is 3. The summed E-state index contributed by atoms with van der Waals surface area (Å²) in [5, 5.41) is 11.8. The first-order chi connectivity index (χ1) is 12.6. The summed E-state index contributed by atoms with van der Waals surface area (Å²) in [6.07, 6.45) is 0.497. The van der Waals surface area contributed by atoms with Gasteiger partial charge in [-0.15, -0.1) is 0 Å². The molecule has 0 aliphatic carbocycles. The minimum Gasteiger partial charge on any atom is -0.464 e. The fourth-order valence-corrected chi connectivity index (χ4v) is 3.43. The van der Waals surface area contributed by atoms with E-state index in [-0.39, 0.29) is 24.6 Å². The lowest BCUT2D eigenvalue weighted by Gasteiger charge is -2.44. The van der Waals surface area contributed by atoms with Gasteiger partial charge in [0, 0.05) is 26.1 Å². The summed E-state index contributed by atoms with van der Waals surface area (Å²) in [5.74, 6) is -0.163.